The minimum Gasteiger partial charge on any atom is -0.351 e. The van der Waals surface area contributed by atoms with E-state index in [0.717, 1.165) is 22.0 Å². The molecule has 0 saturated heterocycles. The largest absolute Gasteiger partial charge is 0.351 e. The zero-order valence-electron chi connectivity index (χ0n) is 14.1. The summed E-state index contributed by atoms with van der Waals surface area (Å²) in [7, 11) is 1.98. The van der Waals surface area contributed by atoms with Crippen molar-refractivity contribution in [3.63, 3.8) is 0 Å². The average molecular weight is 334 g/mol. The molecule has 0 fully saturated rings. The van der Waals surface area contributed by atoms with Crippen molar-refractivity contribution in [2.75, 3.05) is 11.9 Å². The van der Waals surface area contributed by atoms with Crippen LogP contribution >= 0.6 is 0 Å². The van der Waals surface area contributed by atoms with Gasteiger partial charge in [-0.1, -0.05) is 42.5 Å². The second-order valence-electron chi connectivity index (χ2n) is 5.74. The van der Waals surface area contributed by atoms with Crippen LogP contribution in [0.2, 0.25) is 0 Å². The quantitative estimate of drug-likeness (QED) is 0.803. The summed E-state index contributed by atoms with van der Waals surface area (Å²) in [6, 6.07) is 20.9. The molecule has 4 heteroatoms. The number of rotatable bonds is 1. The van der Waals surface area contributed by atoms with Gasteiger partial charge in [0.2, 0.25) is 0 Å². The number of fused-ring (bicyclic) bond motifs is 1. The second kappa shape index (κ2) is 7.22. The number of benzene rings is 2. The third kappa shape index (κ3) is 3.11. The molecule has 0 N–H and O–H groups in total. The molecule has 26 heavy (non-hydrogen) atoms. The van der Waals surface area contributed by atoms with Gasteiger partial charge in [-0.2, -0.15) is 15.8 Å². The fourth-order valence-corrected chi connectivity index (χ4v) is 2.82. The number of para-hydroxylation sites is 1. The molecule has 1 aliphatic rings. The van der Waals surface area contributed by atoms with Gasteiger partial charge in [-0.15, -0.1) is 0 Å². The van der Waals surface area contributed by atoms with Gasteiger partial charge in [0, 0.05) is 29.7 Å². The first kappa shape index (κ1) is 16.8. The SMILES string of the molecule is CN1C=C/C(=C\C(C#N)=c2ccc(=C(C#N)C#N)cc2)c2ccccc21. The molecular weight excluding hydrogens is 320 g/mol. The van der Waals surface area contributed by atoms with Gasteiger partial charge >= 0.3 is 0 Å². The molecule has 0 atom stereocenters. The van der Waals surface area contributed by atoms with Crippen LogP contribution in [-0.4, -0.2) is 7.05 Å². The summed E-state index contributed by atoms with van der Waals surface area (Å²) in [6.45, 7) is 0. The zero-order chi connectivity index (χ0) is 18.5. The Morgan fingerprint density at radius 2 is 1.54 bits per heavy atom. The first-order valence-corrected chi connectivity index (χ1v) is 7.95. The Morgan fingerprint density at radius 1 is 0.885 bits per heavy atom. The molecule has 4 nitrogen and oxygen atoms in total. The fraction of sp³-hybridized carbons (Fsp3) is 0.0455. The third-order valence-electron chi connectivity index (χ3n) is 4.20. The number of anilines is 1. The molecule has 0 bridgehead atoms. The Hall–Kier alpha value is -4.07. The molecule has 0 aliphatic carbocycles. The third-order valence-corrected chi connectivity index (χ3v) is 4.20. The maximum atomic E-state index is 9.60. The average Bonchev–Trinajstić information content (AvgIpc) is 2.69. The van der Waals surface area contributed by atoms with Crippen LogP contribution in [-0.2, 0) is 0 Å². The van der Waals surface area contributed by atoms with Crippen LogP contribution in [0, 0.1) is 34.0 Å². The molecule has 0 radical (unpaired) electrons. The molecule has 0 amide bonds. The summed E-state index contributed by atoms with van der Waals surface area (Å²) in [4.78, 5) is 2.04. The summed E-state index contributed by atoms with van der Waals surface area (Å²) >= 11 is 0. The van der Waals surface area contributed by atoms with Gasteiger partial charge in [-0.25, -0.2) is 0 Å². The second-order valence-corrected chi connectivity index (χ2v) is 5.74. The highest BCUT2D eigenvalue weighted by Crippen LogP contribution is 2.32. The van der Waals surface area contributed by atoms with Crippen molar-refractivity contribution >= 4 is 22.4 Å². The number of nitriles is 3. The number of allylic oxidation sites excluding steroid dienone is 3. The predicted octanol–water partition coefficient (Wildman–Crippen LogP) is 2.61. The van der Waals surface area contributed by atoms with Crippen LogP contribution in [0.5, 0.6) is 0 Å². The molecule has 1 aliphatic heterocycles. The van der Waals surface area contributed by atoms with Gasteiger partial charge < -0.3 is 4.90 Å². The van der Waals surface area contributed by atoms with Crippen LogP contribution in [0.25, 0.3) is 16.7 Å². The van der Waals surface area contributed by atoms with E-state index in [4.69, 9.17) is 10.5 Å². The van der Waals surface area contributed by atoms with E-state index in [1.54, 1.807) is 24.3 Å². The van der Waals surface area contributed by atoms with E-state index in [2.05, 4.69) is 6.07 Å². The van der Waals surface area contributed by atoms with E-state index < -0.39 is 0 Å². The standard InChI is InChI=1S/C22H14N4/c1-26-11-10-18(21-4-2-3-5-22(21)26)12-19(13-23)16-6-8-17(9-7-16)20(14-24)15-25/h2-12H,1H3/b18-12+. The highest BCUT2D eigenvalue weighted by molar-refractivity contribution is 5.92. The van der Waals surface area contributed by atoms with Gasteiger partial charge in [0.15, 0.2) is 0 Å². The van der Waals surface area contributed by atoms with Crippen molar-refractivity contribution in [3.05, 3.63) is 82.9 Å². The predicted molar refractivity (Wildman–Crippen MR) is 101 cm³/mol. The Balaban J connectivity index is 2.16. The fourth-order valence-electron chi connectivity index (χ4n) is 2.82. The van der Waals surface area contributed by atoms with E-state index in [1.165, 1.54) is 0 Å². The van der Waals surface area contributed by atoms with Crippen LogP contribution in [0.15, 0.2) is 66.9 Å². The summed E-state index contributed by atoms with van der Waals surface area (Å²) < 4.78 is 0. The number of hydrogen-bond donors (Lipinski definition) is 0. The lowest BCUT2D eigenvalue weighted by Gasteiger charge is -2.23. The van der Waals surface area contributed by atoms with E-state index in [0.29, 0.717) is 10.8 Å². The molecule has 1 heterocycles. The summed E-state index contributed by atoms with van der Waals surface area (Å²) in [5.74, 6) is 0. The summed E-state index contributed by atoms with van der Waals surface area (Å²) in [5.41, 5.74) is 3.68. The Morgan fingerprint density at radius 3 is 2.19 bits per heavy atom. The Kier molecular flexibility index (Phi) is 4.66. The van der Waals surface area contributed by atoms with Gasteiger partial charge in [0.25, 0.3) is 0 Å². The van der Waals surface area contributed by atoms with Crippen LogP contribution in [0.1, 0.15) is 5.56 Å². The molecule has 122 valence electrons. The minimum atomic E-state index is 0.0561. The van der Waals surface area contributed by atoms with Gasteiger partial charge in [0.05, 0.1) is 11.6 Å². The molecular formula is C22H14N4. The van der Waals surface area contributed by atoms with Gasteiger partial charge in [0.1, 0.15) is 17.7 Å². The van der Waals surface area contributed by atoms with Crippen molar-refractivity contribution in [1.82, 2.24) is 0 Å². The molecule has 0 saturated carbocycles. The lowest BCUT2D eigenvalue weighted by atomic mass is 9.97. The van der Waals surface area contributed by atoms with Crippen LogP contribution < -0.4 is 15.3 Å². The monoisotopic (exact) mass is 334 g/mol. The molecule has 0 aromatic heterocycles. The maximum absolute atomic E-state index is 9.60. The summed E-state index contributed by atoms with van der Waals surface area (Å²) in [5, 5.41) is 28.8. The van der Waals surface area contributed by atoms with Crippen LogP contribution in [0.4, 0.5) is 5.69 Å². The van der Waals surface area contributed by atoms with Gasteiger partial charge in [-0.05, 0) is 29.0 Å². The van der Waals surface area contributed by atoms with E-state index in [1.807, 2.05) is 66.7 Å². The first-order chi connectivity index (χ1) is 12.7. The van der Waals surface area contributed by atoms with E-state index in [-0.39, 0.29) is 5.57 Å². The molecule has 2 aromatic rings. The summed E-state index contributed by atoms with van der Waals surface area (Å²) in [6.07, 6.45) is 5.80. The number of nitrogens with zero attached hydrogens (tertiary/aromatic N) is 4. The molecule has 0 spiro atoms. The van der Waals surface area contributed by atoms with Crippen molar-refractivity contribution < 1.29 is 0 Å². The molecule has 3 rings (SSSR count). The van der Waals surface area contributed by atoms with E-state index in [9.17, 15) is 5.26 Å². The van der Waals surface area contributed by atoms with E-state index >= 15 is 0 Å². The zero-order valence-corrected chi connectivity index (χ0v) is 14.1. The Labute approximate surface area is 151 Å². The smallest absolute Gasteiger partial charge is 0.136 e. The van der Waals surface area contributed by atoms with Crippen molar-refractivity contribution in [1.29, 1.82) is 15.8 Å². The van der Waals surface area contributed by atoms with Crippen molar-refractivity contribution in [2.45, 2.75) is 0 Å². The highest BCUT2D eigenvalue weighted by atomic mass is 15.1. The van der Waals surface area contributed by atoms with Gasteiger partial charge in [-0.3, -0.25) is 0 Å². The van der Waals surface area contributed by atoms with Crippen molar-refractivity contribution in [2.24, 2.45) is 0 Å². The normalized spacial score (nSPS) is 13.3. The van der Waals surface area contributed by atoms with Crippen LogP contribution in [0.3, 0.4) is 0 Å². The minimum absolute atomic E-state index is 0.0561. The molecule has 0 unspecified atom stereocenters. The topological polar surface area (TPSA) is 74.6 Å². The number of hydrogen-bond acceptors (Lipinski definition) is 4. The molecule has 2 aromatic carbocycles. The first-order valence-electron chi connectivity index (χ1n) is 7.95. The maximum Gasteiger partial charge on any atom is 0.136 e. The van der Waals surface area contributed by atoms with Crippen molar-refractivity contribution in [3.8, 4) is 18.2 Å². The Bertz CT molecular complexity index is 1140. The highest BCUT2D eigenvalue weighted by Gasteiger charge is 2.13. The lowest BCUT2D eigenvalue weighted by molar-refractivity contribution is 1.18. The lowest BCUT2D eigenvalue weighted by Crippen LogP contribution is -2.14.